The molecule has 1 aliphatic carbocycles. The van der Waals surface area contributed by atoms with Crippen LogP contribution in [0.1, 0.15) is 42.2 Å². The molecule has 1 atom stereocenters. The summed E-state index contributed by atoms with van der Waals surface area (Å²) in [5.41, 5.74) is 0.447. The molecule has 1 aromatic carbocycles. The van der Waals surface area contributed by atoms with Crippen LogP contribution in [0, 0.1) is 0 Å². The zero-order valence-electron chi connectivity index (χ0n) is 15.4. The molecular weight excluding hydrogens is 425 g/mol. The third kappa shape index (κ3) is 5.51. The van der Waals surface area contributed by atoms with E-state index in [1.165, 1.54) is 12.1 Å². The van der Waals surface area contributed by atoms with Gasteiger partial charge in [0.15, 0.2) is 0 Å². The van der Waals surface area contributed by atoms with Crippen LogP contribution in [0.5, 0.6) is 0 Å². The molecular formula is C20H20ClF3N2O2S. The van der Waals surface area contributed by atoms with E-state index in [-0.39, 0.29) is 12.6 Å². The number of carbonyl (C=O) groups is 2. The minimum absolute atomic E-state index is 0.0802. The molecule has 1 aliphatic rings. The Hall–Kier alpha value is -2.06. The number of benzene rings is 1. The third-order valence-corrected chi connectivity index (χ3v) is 6.02. The average Bonchev–Trinajstić information content (AvgIpc) is 3.36. The summed E-state index contributed by atoms with van der Waals surface area (Å²) < 4.78 is 40.2. The summed E-state index contributed by atoms with van der Waals surface area (Å²) in [6, 6.07) is 7.93. The third-order valence-electron chi connectivity index (χ3n) is 4.84. The maximum atomic E-state index is 13.4. The second-order valence-electron chi connectivity index (χ2n) is 6.97. The highest BCUT2D eigenvalue weighted by molar-refractivity contribution is 7.10. The van der Waals surface area contributed by atoms with Crippen molar-refractivity contribution < 1.29 is 22.8 Å². The van der Waals surface area contributed by atoms with E-state index in [1.807, 2.05) is 0 Å². The van der Waals surface area contributed by atoms with Crippen LogP contribution >= 0.6 is 22.9 Å². The Kier molecular flexibility index (Phi) is 6.85. The van der Waals surface area contributed by atoms with Crippen molar-refractivity contribution in [1.82, 2.24) is 10.2 Å². The van der Waals surface area contributed by atoms with Crippen molar-refractivity contribution in [3.63, 3.8) is 0 Å². The molecule has 1 fully saturated rings. The quantitative estimate of drug-likeness (QED) is 0.674. The van der Waals surface area contributed by atoms with Gasteiger partial charge in [-0.25, -0.2) is 0 Å². The Labute approximate surface area is 175 Å². The topological polar surface area (TPSA) is 49.4 Å². The van der Waals surface area contributed by atoms with Crippen molar-refractivity contribution in [3.05, 3.63) is 57.2 Å². The highest BCUT2D eigenvalue weighted by Gasteiger charge is 2.47. The van der Waals surface area contributed by atoms with Crippen molar-refractivity contribution in [1.29, 1.82) is 0 Å². The number of hydrogen-bond acceptors (Lipinski definition) is 3. The SMILES string of the molecule is O=C(NC1CCCC1)[C@H](c1cccs1)N(Cc1ccc(Cl)cc1)C(=O)C(F)(F)F. The first kappa shape index (κ1) is 21.6. The van der Waals surface area contributed by atoms with Crippen molar-refractivity contribution in [2.24, 2.45) is 0 Å². The lowest BCUT2D eigenvalue weighted by Gasteiger charge is -2.32. The maximum Gasteiger partial charge on any atom is 0.471 e. The van der Waals surface area contributed by atoms with Gasteiger partial charge in [-0.1, -0.05) is 42.6 Å². The maximum absolute atomic E-state index is 13.4. The van der Waals surface area contributed by atoms with Crippen LogP contribution in [0.3, 0.4) is 0 Å². The molecule has 0 saturated heterocycles. The molecule has 0 bridgehead atoms. The predicted molar refractivity (Wildman–Crippen MR) is 106 cm³/mol. The van der Waals surface area contributed by atoms with Gasteiger partial charge in [0.25, 0.3) is 0 Å². The largest absolute Gasteiger partial charge is 0.471 e. The number of hydrogen-bond donors (Lipinski definition) is 1. The van der Waals surface area contributed by atoms with Gasteiger partial charge in [0, 0.05) is 22.5 Å². The van der Waals surface area contributed by atoms with E-state index >= 15 is 0 Å². The van der Waals surface area contributed by atoms with Crippen LogP contribution in [0.2, 0.25) is 5.02 Å². The Balaban J connectivity index is 1.95. The smallest absolute Gasteiger partial charge is 0.351 e. The molecule has 1 saturated carbocycles. The summed E-state index contributed by atoms with van der Waals surface area (Å²) in [4.78, 5) is 26.3. The standard InChI is InChI=1S/C20H20ClF3N2O2S/c21-14-9-7-13(8-10-14)12-26(19(28)20(22,23)24)17(16-6-3-11-29-16)18(27)25-15-4-1-2-5-15/h3,6-11,15,17H,1-2,4-5,12H2,(H,25,27)/t17-/m0/s1. The number of rotatable bonds is 6. The number of thiophene rings is 1. The summed E-state index contributed by atoms with van der Waals surface area (Å²) in [6.45, 7) is -0.365. The predicted octanol–water partition coefficient (Wildman–Crippen LogP) is 5.09. The zero-order chi connectivity index (χ0) is 21.0. The first-order valence-corrected chi connectivity index (χ1v) is 10.5. The van der Waals surface area contributed by atoms with Gasteiger partial charge in [-0.2, -0.15) is 13.2 Å². The van der Waals surface area contributed by atoms with Crippen molar-refractivity contribution >= 4 is 34.8 Å². The molecule has 9 heteroatoms. The number of nitrogens with one attached hydrogen (secondary N) is 1. The Morgan fingerprint density at radius 2 is 1.83 bits per heavy atom. The zero-order valence-corrected chi connectivity index (χ0v) is 17.0. The van der Waals surface area contributed by atoms with Gasteiger partial charge < -0.3 is 10.2 Å². The van der Waals surface area contributed by atoms with E-state index in [1.54, 1.807) is 29.6 Å². The van der Waals surface area contributed by atoms with Crippen molar-refractivity contribution in [3.8, 4) is 0 Å². The molecule has 3 rings (SSSR count). The van der Waals surface area contributed by atoms with E-state index in [0.29, 0.717) is 20.4 Å². The first-order chi connectivity index (χ1) is 13.8. The monoisotopic (exact) mass is 444 g/mol. The van der Waals surface area contributed by atoms with Gasteiger partial charge in [-0.15, -0.1) is 11.3 Å². The molecule has 4 nitrogen and oxygen atoms in total. The van der Waals surface area contributed by atoms with Crippen molar-refractivity contribution in [2.45, 2.75) is 50.5 Å². The molecule has 2 amide bonds. The fourth-order valence-electron chi connectivity index (χ4n) is 3.45. The van der Waals surface area contributed by atoms with E-state index in [0.717, 1.165) is 37.0 Å². The fraction of sp³-hybridized carbons (Fsp3) is 0.400. The summed E-state index contributed by atoms with van der Waals surface area (Å²) in [7, 11) is 0. The van der Waals surface area contributed by atoms with Crippen LogP contribution < -0.4 is 5.32 Å². The summed E-state index contributed by atoms with van der Waals surface area (Å²) in [5, 5.41) is 4.93. The highest BCUT2D eigenvalue weighted by Crippen LogP contribution is 2.32. The minimum Gasteiger partial charge on any atom is -0.351 e. The number of halogens is 4. The molecule has 156 valence electrons. The van der Waals surface area contributed by atoms with Gasteiger partial charge in [-0.3, -0.25) is 9.59 Å². The molecule has 29 heavy (non-hydrogen) atoms. The lowest BCUT2D eigenvalue weighted by molar-refractivity contribution is -0.189. The van der Waals surface area contributed by atoms with Crippen LogP contribution in [0.15, 0.2) is 41.8 Å². The second-order valence-corrected chi connectivity index (χ2v) is 8.38. The first-order valence-electron chi connectivity index (χ1n) is 9.21. The minimum atomic E-state index is -5.10. The van der Waals surface area contributed by atoms with Crippen LogP contribution in [-0.4, -0.2) is 28.9 Å². The van der Waals surface area contributed by atoms with Crippen molar-refractivity contribution in [2.75, 3.05) is 0 Å². The molecule has 1 N–H and O–H groups in total. The second kappa shape index (κ2) is 9.17. The van der Waals surface area contributed by atoms with Gasteiger partial charge in [0.2, 0.25) is 5.91 Å². The van der Waals surface area contributed by atoms with E-state index < -0.39 is 24.0 Å². The van der Waals surface area contributed by atoms with E-state index in [4.69, 9.17) is 11.6 Å². The number of nitrogens with zero attached hydrogens (tertiary/aromatic N) is 1. The Morgan fingerprint density at radius 1 is 1.17 bits per heavy atom. The Bertz CT molecular complexity index is 834. The van der Waals surface area contributed by atoms with Gasteiger partial charge in [0.1, 0.15) is 6.04 Å². The molecule has 1 aromatic heterocycles. The number of carbonyl (C=O) groups excluding carboxylic acids is 2. The lowest BCUT2D eigenvalue weighted by atomic mass is 10.1. The number of alkyl halides is 3. The van der Waals surface area contributed by atoms with Gasteiger partial charge in [-0.05, 0) is 42.0 Å². The molecule has 0 aliphatic heterocycles. The van der Waals surface area contributed by atoms with Crippen LogP contribution in [0.4, 0.5) is 13.2 Å². The van der Waals surface area contributed by atoms with Crippen LogP contribution in [0.25, 0.3) is 0 Å². The fourth-order valence-corrected chi connectivity index (χ4v) is 4.41. The summed E-state index contributed by atoms with van der Waals surface area (Å²) in [5.74, 6) is -2.64. The molecule has 0 spiro atoms. The molecule has 0 unspecified atom stereocenters. The molecule has 0 radical (unpaired) electrons. The van der Waals surface area contributed by atoms with E-state index in [2.05, 4.69) is 5.32 Å². The molecule has 1 heterocycles. The average molecular weight is 445 g/mol. The van der Waals surface area contributed by atoms with Gasteiger partial charge in [0.05, 0.1) is 0 Å². The summed E-state index contributed by atoms with van der Waals surface area (Å²) in [6.07, 6.45) is -1.61. The normalized spacial score (nSPS) is 15.9. The highest BCUT2D eigenvalue weighted by atomic mass is 35.5. The van der Waals surface area contributed by atoms with Gasteiger partial charge >= 0.3 is 12.1 Å². The number of amides is 2. The Morgan fingerprint density at radius 3 is 2.38 bits per heavy atom. The molecule has 2 aromatic rings. The van der Waals surface area contributed by atoms with Crippen LogP contribution in [-0.2, 0) is 16.1 Å². The summed E-state index contributed by atoms with van der Waals surface area (Å²) >= 11 is 6.99. The lowest BCUT2D eigenvalue weighted by Crippen LogP contribution is -2.49. The van der Waals surface area contributed by atoms with E-state index in [9.17, 15) is 22.8 Å².